The predicted molar refractivity (Wildman–Crippen MR) is 73.7 cm³/mol. The van der Waals surface area contributed by atoms with Crippen LogP contribution < -0.4 is 0 Å². The van der Waals surface area contributed by atoms with Crippen molar-refractivity contribution < 1.29 is 14.3 Å². The first-order valence-electron chi connectivity index (χ1n) is 7.02. The van der Waals surface area contributed by atoms with Crippen LogP contribution in [0.3, 0.4) is 0 Å². The summed E-state index contributed by atoms with van der Waals surface area (Å²) in [5.41, 5.74) is 0. The van der Waals surface area contributed by atoms with Crippen molar-refractivity contribution in [2.45, 2.75) is 27.2 Å². The van der Waals surface area contributed by atoms with E-state index in [9.17, 15) is 9.59 Å². The monoisotopic (exact) mass is 270 g/mol. The Kier molecular flexibility index (Phi) is 6.28. The van der Waals surface area contributed by atoms with Gasteiger partial charge in [-0.05, 0) is 5.92 Å². The largest absolute Gasteiger partial charge is 0.384 e. The van der Waals surface area contributed by atoms with Crippen LogP contribution in [0.5, 0.6) is 0 Å². The van der Waals surface area contributed by atoms with Gasteiger partial charge in [0.05, 0.1) is 13.0 Å². The summed E-state index contributed by atoms with van der Waals surface area (Å²) in [4.78, 5) is 27.7. The molecule has 5 heteroatoms. The fourth-order valence-electron chi connectivity index (χ4n) is 2.10. The van der Waals surface area contributed by atoms with Gasteiger partial charge in [0.25, 0.3) is 0 Å². The summed E-state index contributed by atoms with van der Waals surface area (Å²) in [7, 11) is 1.59. The topological polar surface area (TPSA) is 49.9 Å². The van der Waals surface area contributed by atoms with Gasteiger partial charge in [-0.25, -0.2) is 0 Å². The first-order valence-corrected chi connectivity index (χ1v) is 7.02. The van der Waals surface area contributed by atoms with E-state index in [4.69, 9.17) is 4.74 Å². The zero-order valence-corrected chi connectivity index (χ0v) is 12.5. The SMILES string of the molecule is COCCC(=O)N1CCN(C(=O)C(C)C(C)C)CC1. The van der Waals surface area contributed by atoms with E-state index >= 15 is 0 Å². The molecule has 0 aromatic heterocycles. The number of piperazine rings is 1. The van der Waals surface area contributed by atoms with Crippen molar-refractivity contribution in [2.24, 2.45) is 11.8 Å². The van der Waals surface area contributed by atoms with E-state index in [-0.39, 0.29) is 17.7 Å². The maximum atomic E-state index is 12.2. The van der Waals surface area contributed by atoms with Crippen molar-refractivity contribution in [3.05, 3.63) is 0 Å². The van der Waals surface area contributed by atoms with E-state index in [0.29, 0.717) is 45.1 Å². The lowest BCUT2D eigenvalue weighted by Crippen LogP contribution is -2.52. The van der Waals surface area contributed by atoms with Crippen LogP contribution in [0, 0.1) is 11.8 Å². The van der Waals surface area contributed by atoms with Crippen LogP contribution in [0.4, 0.5) is 0 Å². The molecule has 1 heterocycles. The summed E-state index contributed by atoms with van der Waals surface area (Å²) < 4.78 is 4.91. The minimum Gasteiger partial charge on any atom is -0.384 e. The van der Waals surface area contributed by atoms with Crippen molar-refractivity contribution in [2.75, 3.05) is 39.9 Å². The lowest BCUT2D eigenvalue weighted by molar-refractivity contribution is -0.143. The molecule has 0 radical (unpaired) electrons. The fourth-order valence-corrected chi connectivity index (χ4v) is 2.10. The van der Waals surface area contributed by atoms with Crippen molar-refractivity contribution >= 4 is 11.8 Å². The van der Waals surface area contributed by atoms with Crippen LogP contribution in [0.1, 0.15) is 27.2 Å². The normalized spacial score (nSPS) is 17.7. The Morgan fingerprint density at radius 1 is 1.05 bits per heavy atom. The zero-order valence-electron chi connectivity index (χ0n) is 12.5. The molecule has 1 unspecified atom stereocenters. The van der Waals surface area contributed by atoms with E-state index in [0.717, 1.165) is 0 Å². The van der Waals surface area contributed by atoms with Gasteiger partial charge >= 0.3 is 0 Å². The van der Waals surface area contributed by atoms with Crippen LogP contribution in [0.15, 0.2) is 0 Å². The molecule has 0 bridgehead atoms. The molecule has 5 nitrogen and oxygen atoms in total. The van der Waals surface area contributed by atoms with E-state index in [1.807, 2.05) is 16.7 Å². The second-order valence-corrected chi connectivity index (χ2v) is 5.48. The number of carbonyl (C=O) groups excluding carboxylic acids is 2. The van der Waals surface area contributed by atoms with E-state index in [2.05, 4.69) is 13.8 Å². The molecule has 0 aromatic rings. The molecule has 2 amide bonds. The van der Waals surface area contributed by atoms with Gasteiger partial charge in [0.15, 0.2) is 0 Å². The van der Waals surface area contributed by atoms with Crippen molar-refractivity contribution in [3.8, 4) is 0 Å². The number of hydrogen-bond donors (Lipinski definition) is 0. The molecule has 1 rings (SSSR count). The summed E-state index contributed by atoms with van der Waals surface area (Å²) in [6.07, 6.45) is 0.423. The van der Waals surface area contributed by atoms with Crippen molar-refractivity contribution in [1.29, 1.82) is 0 Å². The van der Waals surface area contributed by atoms with Gasteiger partial charge < -0.3 is 14.5 Å². The van der Waals surface area contributed by atoms with Gasteiger partial charge in [-0.2, -0.15) is 0 Å². The molecule has 0 spiro atoms. The minimum atomic E-state index is 0.0516. The van der Waals surface area contributed by atoms with Gasteiger partial charge in [-0.15, -0.1) is 0 Å². The Morgan fingerprint density at radius 3 is 2.05 bits per heavy atom. The molecule has 0 aromatic carbocycles. The molecule has 1 saturated heterocycles. The van der Waals surface area contributed by atoms with Crippen LogP contribution >= 0.6 is 0 Å². The first-order chi connectivity index (χ1) is 8.97. The lowest BCUT2D eigenvalue weighted by atomic mass is 9.96. The molecular formula is C14H26N2O3. The lowest BCUT2D eigenvalue weighted by Gasteiger charge is -2.36. The number of methoxy groups -OCH3 is 1. The average molecular weight is 270 g/mol. The molecule has 19 heavy (non-hydrogen) atoms. The van der Waals surface area contributed by atoms with Crippen LogP contribution in [0.25, 0.3) is 0 Å². The van der Waals surface area contributed by atoms with Crippen LogP contribution in [-0.2, 0) is 14.3 Å². The molecule has 0 N–H and O–H groups in total. The molecule has 0 aliphatic carbocycles. The highest BCUT2D eigenvalue weighted by Crippen LogP contribution is 2.15. The second-order valence-electron chi connectivity index (χ2n) is 5.48. The maximum Gasteiger partial charge on any atom is 0.225 e. The zero-order chi connectivity index (χ0) is 14.4. The van der Waals surface area contributed by atoms with Crippen LogP contribution in [-0.4, -0.2) is 61.5 Å². The number of nitrogens with zero attached hydrogens (tertiary/aromatic N) is 2. The minimum absolute atomic E-state index is 0.0516. The predicted octanol–water partition coefficient (Wildman–Crippen LogP) is 0.986. The number of amides is 2. The Morgan fingerprint density at radius 2 is 1.58 bits per heavy atom. The number of carbonyl (C=O) groups is 2. The first kappa shape index (κ1) is 16.0. The fraction of sp³-hybridized carbons (Fsp3) is 0.857. The van der Waals surface area contributed by atoms with Gasteiger partial charge in [0.1, 0.15) is 0 Å². The Hall–Kier alpha value is -1.10. The molecule has 1 atom stereocenters. The standard InChI is InChI=1S/C14H26N2O3/c1-11(2)12(3)14(18)16-8-6-15(7-9-16)13(17)5-10-19-4/h11-12H,5-10H2,1-4H3. The average Bonchev–Trinajstić information content (AvgIpc) is 2.43. The van der Waals surface area contributed by atoms with Crippen molar-refractivity contribution in [1.82, 2.24) is 9.80 Å². The highest BCUT2D eigenvalue weighted by Gasteiger charge is 2.27. The van der Waals surface area contributed by atoms with Gasteiger partial charge in [-0.3, -0.25) is 9.59 Å². The third kappa shape index (κ3) is 4.49. The number of ether oxygens (including phenoxy) is 1. The summed E-state index contributed by atoms with van der Waals surface area (Å²) in [6.45, 7) is 9.13. The maximum absolute atomic E-state index is 12.2. The summed E-state index contributed by atoms with van der Waals surface area (Å²) >= 11 is 0. The van der Waals surface area contributed by atoms with Gasteiger partial charge in [-0.1, -0.05) is 20.8 Å². The smallest absolute Gasteiger partial charge is 0.225 e. The molecule has 1 aliphatic heterocycles. The summed E-state index contributed by atoms with van der Waals surface area (Å²) in [6, 6.07) is 0. The van der Waals surface area contributed by atoms with Gasteiger partial charge in [0.2, 0.25) is 11.8 Å². The Balaban J connectivity index is 2.40. The second kappa shape index (κ2) is 7.48. The third-order valence-corrected chi connectivity index (χ3v) is 3.85. The Bertz CT molecular complexity index is 310. The molecule has 110 valence electrons. The molecular weight excluding hydrogens is 244 g/mol. The molecule has 1 aliphatic rings. The van der Waals surface area contributed by atoms with E-state index in [1.165, 1.54) is 0 Å². The van der Waals surface area contributed by atoms with E-state index < -0.39 is 0 Å². The highest BCUT2D eigenvalue weighted by atomic mass is 16.5. The third-order valence-electron chi connectivity index (χ3n) is 3.85. The van der Waals surface area contributed by atoms with Crippen LogP contribution in [0.2, 0.25) is 0 Å². The molecule has 1 fully saturated rings. The highest BCUT2D eigenvalue weighted by molar-refractivity contribution is 5.80. The number of rotatable bonds is 5. The summed E-state index contributed by atoms with van der Waals surface area (Å²) in [5.74, 6) is 0.731. The van der Waals surface area contributed by atoms with E-state index in [1.54, 1.807) is 7.11 Å². The van der Waals surface area contributed by atoms with Gasteiger partial charge in [0, 0.05) is 39.2 Å². The molecule has 0 saturated carbocycles. The quantitative estimate of drug-likeness (QED) is 0.748. The summed E-state index contributed by atoms with van der Waals surface area (Å²) in [5, 5.41) is 0. The van der Waals surface area contributed by atoms with Crippen molar-refractivity contribution in [3.63, 3.8) is 0 Å². The number of hydrogen-bond acceptors (Lipinski definition) is 3. The Labute approximate surface area is 115 Å².